The molecule has 0 aliphatic carbocycles. The summed E-state index contributed by atoms with van der Waals surface area (Å²) in [7, 11) is 0. The van der Waals surface area contributed by atoms with Gasteiger partial charge in [0.15, 0.2) is 0 Å². The second-order valence-corrected chi connectivity index (χ2v) is 5.61. The Bertz CT molecular complexity index is 804. The minimum atomic E-state index is -0.0836. The molecular weight excluding hydrogens is 286 g/mol. The van der Waals surface area contributed by atoms with Gasteiger partial charge in [0, 0.05) is 16.9 Å². The molecule has 0 bridgehead atoms. The number of hydrogen-bond acceptors (Lipinski definition) is 2. The fourth-order valence-corrected chi connectivity index (χ4v) is 2.39. The number of hydrogen-bond donors (Lipinski definition) is 1. The molecule has 4 nitrogen and oxygen atoms in total. The van der Waals surface area contributed by atoms with Crippen molar-refractivity contribution >= 4 is 11.6 Å². The highest BCUT2D eigenvalue weighted by atomic mass is 16.2. The molecule has 3 rings (SSSR count). The lowest BCUT2D eigenvalue weighted by atomic mass is 10.1. The van der Waals surface area contributed by atoms with Gasteiger partial charge < -0.3 is 5.32 Å². The highest BCUT2D eigenvalue weighted by Gasteiger charge is 2.10. The first kappa shape index (κ1) is 15.0. The molecule has 3 aromatic rings. The van der Waals surface area contributed by atoms with Crippen molar-refractivity contribution in [2.24, 2.45) is 0 Å². The summed E-state index contributed by atoms with van der Waals surface area (Å²) < 4.78 is 1.73. The molecule has 1 N–H and O–H groups in total. The standard InChI is InChI=1S/C19H19N3O/c1-14-8-10-17(11-9-14)20-19(23)13-22-15(2)12-18(21-22)16-6-4-3-5-7-16/h3-12H,13H2,1-2H3,(H,20,23). The predicted molar refractivity (Wildman–Crippen MR) is 92.2 cm³/mol. The van der Waals surface area contributed by atoms with Crippen LogP contribution in [0.2, 0.25) is 0 Å². The minimum absolute atomic E-state index is 0.0836. The first-order chi connectivity index (χ1) is 11.1. The summed E-state index contributed by atoms with van der Waals surface area (Å²) in [5.74, 6) is -0.0836. The molecule has 1 amide bonds. The number of aryl methyl sites for hydroxylation is 2. The van der Waals surface area contributed by atoms with Gasteiger partial charge in [0.05, 0.1) is 5.69 Å². The average molecular weight is 305 g/mol. The SMILES string of the molecule is Cc1ccc(NC(=O)Cn2nc(-c3ccccc3)cc2C)cc1. The van der Waals surface area contributed by atoms with Gasteiger partial charge >= 0.3 is 0 Å². The minimum Gasteiger partial charge on any atom is -0.324 e. The van der Waals surface area contributed by atoms with Gasteiger partial charge in [0.25, 0.3) is 0 Å². The average Bonchev–Trinajstić information content (AvgIpc) is 2.91. The van der Waals surface area contributed by atoms with Crippen molar-refractivity contribution in [1.82, 2.24) is 9.78 Å². The number of carbonyl (C=O) groups is 1. The van der Waals surface area contributed by atoms with Crippen molar-refractivity contribution in [1.29, 1.82) is 0 Å². The number of anilines is 1. The molecule has 1 heterocycles. The summed E-state index contributed by atoms with van der Waals surface area (Å²) in [4.78, 5) is 12.2. The van der Waals surface area contributed by atoms with Crippen LogP contribution < -0.4 is 5.32 Å². The van der Waals surface area contributed by atoms with E-state index >= 15 is 0 Å². The van der Waals surface area contributed by atoms with Gasteiger partial charge in [0.1, 0.15) is 6.54 Å². The lowest BCUT2D eigenvalue weighted by Gasteiger charge is -2.07. The Balaban J connectivity index is 1.71. The fraction of sp³-hybridized carbons (Fsp3) is 0.158. The molecule has 0 atom stereocenters. The smallest absolute Gasteiger partial charge is 0.246 e. The number of rotatable bonds is 4. The number of benzene rings is 2. The molecule has 0 aliphatic heterocycles. The Morgan fingerprint density at radius 2 is 1.74 bits per heavy atom. The van der Waals surface area contributed by atoms with E-state index in [4.69, 9.17) is 0 Å². The van der Waals surface area contributed by atoms with E-state index in [2.05, 4.69) is 10.4 Å². The third-order valence-corrected chi connectivity index (χ3v) is 3.68. The van der Waals surface area contributed by atoms with Crippen LogP contribution in [0.4, 0.5) is 5.69 Å². The highest BCUT2D eigenvalue weighted by Crippen LogP contribution is 2.18. The molecule has 23 heavy (non-hydrogen) atoms. The van der Waals surface area contributed by atoms with E-state index in [0.717, 1.165) is 22.6 Å². The molecule has 2 aromatic carbocycles. The molecule has 0 fully saturated rings. The van der Waals surface area contributed by atoms with Gasteiger partial charge in [-0.3, -0.25) is 9.48 Å². The zero-order valence-electron chi connectivity index (χ0n) is 13.3. The van der Waals surface area contributed by atoms with Gasteiger partial charge in [-0.25, -0.2) is 0 Å². The second kappa shape index (κ2) is 6.48. The quantitative estimate of drug-likeness (QED) is 0.797. The van der Waals surface area contributed by atoms with Crippen molar-refractivity contribution in [3.8, 4) is 11.3 Å². The Labute approximate surface area is 135 Å². The van der Waals surface area contributed by atoms with Gasteiger partial charge in [-0.15, -0.1) is 0 Å². The van der Waals surface area contributed by atoms with E-state index in [9.17, 15) is 4.79 Å². The van der Waals surface area contributed by atoms with Crippen LogP contribution in [-0.2, 0) is 11.3 Å². The molecule has 0 saturated carbocycles. The van der Waals surface area contributed by atoms with Crippen LogP contribution in [0, 0.1) is 13.8 Å². The monoisotopic (exact) mass is 305 g/mol. The normalized spacial score (nSPS) is 10.5. The molecule has 0 saturated heterocycles. The number of nitrogens with one attached hydrogen (secondary N) is 1. The lowest BCUT2D eigenvalue weighted by molar-refractivity contribution is -0.116. The third kappa shape index (κ3) is 3.66. The van der Waals surface area contributed by atoms with Crippen LogP contribution in [-0.4, -0.2) is 15.7 Å². The lowest BCUT2D eigenvalue weighted by Crippen LogP contribution is -2.20. The number of amides is 1. The van der Waals surface area contributed by atoms with E-state index < -0.39 is 0 Å². The Hall–Kier alpha value is -2.88. The van der Waals surface area contributed by atoms with Gasteiger partial charge in [-0.1, -0.05) is 48.0 Å². The third-order valence-electron chi connectivity index (χ3n) is 3.68. The molecule has 0 unspecified atom stereocenters. The second-order valence-electron chi connectivity index (χ2n) is 5.61. The molecule has 116 valence electrons. The van der Waals surface area contributed by atoms with Crippen LogP contribution in [0.3, 0.4) is 0 Å². The Kier molecular flexibility index (Phi) is 4.24. The number of carbonyl (C=O) groups excluding carboxylic acids is 1. The highest BCUT2D eigenvalue weighted by molar-refractivity contribution is 5.90. The van der Waals surface area contributed by atoms with Crippen LogP contribution >= 0.6 is 0 Å². The molecule has 1 aromatic heterocycles. The van der Waals surface area contributed by atoms with Gasteiger partial charge in [0.2, 0.25) is 5.91 Å². The van der Waals surface area contributed by atoms with E-state index in [0.29, 0.717) is 0 Å². The van der Waals surface area contributed by atoms with Crippen molar-refractivity contribution in [3.05, 3.63) is 71.9 Å². The van der Waals surface area contributed by atoms with E-state index in [-0.39, 0.29) is 12.5 Å². The van der Waals surface area contributed by atoms with Crippen molar-refractivity contribution < 1.29 is 4.79 Å². The fourth-order valence-electron chi connectivity index (χ4n) is 2.39. The summed E-state index contributed by atoms with van der Waals surface area (Å²) in [6.07, 6.45) is 0. The first-order valence-corrected chi connectivity index (χ1v) is 7.58. The maximum Gasteiger partial charge on any atom is 0.246 e. The Morgan fingerprint density at radius 3 is 2.43 bits per heavy atom. The number of aromatic nitrogens is 2. The molecular formula is C19H19N3O. The van der Waals surface area contributed by atoms with Crippen LogP contribution in [0.5, 0.6) is 0 Å². The maximum absolute atomic E-state index is 12.2. The summed E-state index contributed by atoms with van der Waals surface area (Å²) in [6.45, 7) is 4.18. The van der Waals surface area contributed by atoms with Gasteiger partial charge in [-0.05, 0) is 32.0 Å². The summed E-state index contributed by atoms with van der Waals surface area (Å²) >= 11 is 0. The predicted octanol–water partition coefficient (Wildman–Crippen LogP) is 3.81. The van der Waals surface area contributed by atoms with Crippen molar-refractivity contribution in [2.45, 2.75) is 20.4 Å². The molecule has 0 spiro atoms. The number of nitrogens with zero attached hydrogens (tertiary/aromatic N) is 2. The van der Waals surface area contributed by atoms with Gasteiger partial charge in [-0.2, -0.15) is 5.10 Å². The molecule has 4 heteroatoms. The van der Waals surface area contributed by atoms with E-state index in [1.165, 1.54) is 5.56 Å². The summed E-state index contributed by atoms with van der Waals surface area (Å²) in [6, 6.07) is 19.7. The zero-order chi connectivity index (χ0) is 16.2. The topological polar surface area (TPSA) is 46.9 Å². The largest absolute Gasteiger partial charge is 0.324 e. The van der Waals surface area contributed by atoms with E-state index in [1.807, 2.05) is 74.5 Å². The van der Waals surface area contributed by atoms with Crippen LogP contribution in [0.25, 0.3) is 11.3 Å². The maximum atomic E-state index is 12.2. The van der Waals surface area contributed by atoms with E-state index in [1.54, 1.807) is 4.68 Å². The summed E-state index contributed by atoms with van der Waals surface area (Å²) in [5.41, 5.74) is 4.86. The van der Waals surface area contributed by atoms with Crippen molar-refractivity contribution in [3.63, 3.8) is 0 Å². The zero-order valence-corrected chi connectivity index (χ0v) is 13.3. The van der Waals surface area contributed by atoms with Crippen molar-refractivity contribution in [2.75, 3.05) is 5.32 Å². The molecule has 0 aliphatic rings. The Morgan fingerprint density at radius 1 is 1.04 bits per heavy atom. The summed E-state index contributed by atoms with van der Waals surface area (Å²) in [5, 5.41) is 7.43. The first-order valence-electron chi connectivity index (χ1n) is 7.58. The van der Waals surface area contributed by atoms with Crippen LogP contribution in [0.1, 0.15) is 11.3 Å². The van der Waals surface area contributed by atoms with Crippen LogP contribution in [0.15, 0.2) is 60.7 Å². The molecule has 0 radical (unpaired) electrons.